The SMILES string of the molecule is CCCCCCCCCC(=O)OCCCCN.CCCCCCCCCC(=O)OCCCCNC(=O)O. The molecule has 0 aromatic heterocycles. The highest BCUT2D eigenvalue weighted by molar-refractivity contribution is 5.69. The normalized spacial score (nSPS) is 10.4. The van der Waals surface area contributed by atoms with Crippen molar-refractivity contribution in [3.63, 3.8) is 0 Å². The van der Waals surface area contributed by atoms with Crippen LogP contribution >= 0.6 is 0 Å². The Morgan fingerprint density at radius 2 is 1.00 bits per heavy atom. The third kappa shape index (κ3) is 36.4. The lowest BCUT2D eigenvalue weighted by atomic mass is 10.1. The standard InChI is InChI=1S/C15H29NO4.C14H29NO2/c1-2-3-4-5-6-7-8-11-14(17)20-13-10-9-12-16-15(18)19;1-2-3-4-5-6-7-8-11-14(16)17-13-10-9-12-15/h16H,2-13H2,1H3,(H,18,19);2-13,15H2,1H3. The second-order valence-electron chi connectivity index (χ2n) is 9.62. The van der Waals surface area contributed by atoms with Crippen molar-refractivity contribution in [3.8, 4) is 0 Å². The van der Waals surface area contributed by atoms with Crippen molar-refractivity contribution in [3.05, 3.63) is 0 Å². The second kappa shape index (κ2) is 32.2. The van der Waals surface area contributed by atoms with Crippen LogP contribution in [0.15, 0.2) is 0 Å². The molecule has 0 aliphatic rings. The topological polar surface area (TPSA) is 128 Å². The number of esters is 2. The highest BCUT2D eigenvalue weighted by Crippen LogP contribution is 2.10. The maximum atomic E-state index is 11.4. The van der Waals surface area contributed by atoms with Gasteiger partial charge in [-0.1, -0.05) is 90.9 Å². The first-order valence-corrected chi connectivity index (χ1v) is 15.0. The van der Waals surface area contributed by atoms with E-state index in [9.17, 15) is 14.4 Å². The van der Waals surface area contributed by atoms with Gasteiger partial charge in [-0.05, 0) is 45.1 Å². The van der Waals surface area contributed by atoms with E-state index in [-0.39, 0.29) is 11.9 Å². The number of amides is 1. The van der Waals surface area contributed by atoms with Gasteiger partial charge in [-0.3, -0.25) is 9.59 Å². The van der Waals surface area contributed by atoms with E-state index in [1.54, 1.807) is 0 Å². The summed E-state index contributed by atoms with van der Waals surface area (Å²) in [4.78, 5) is 32.8. The number of carbonyl (C=O) groups excluding carboxylic acids is 2. The van der Waals surface area contributed by atoms with E-state index in [2.05, 4.69) is 19.2 Å². The summed E-state index contributed by atoms with van der Waals surface area (Å²) in [6.45, 7) is 6.43. The molecule has 0 aliphatic heterocycles. The number of hydrogen-bond acceptors (Lipinski definition) is 6. The molecule has 0 saturated carbocycles. The van der Waals surface area contributed by atoms with Crippen molar-refractivity contribution < 1.29 is 29.0 Å². The molecule has 4 N–H and O–H groups in total. The molecule has 0 atom stereocenters. The minimum atomic E-state index is -1.01. The first-order chi connectivity index (χ1) is 18.0. The summed E-state index contributed by atoms with van der Waals surface area (Å²) < 4.78 is 10.2. The highest BCUT2D eigenvalue weighted by atomic mass is 16.5. The molecule has 8 heteroatoms. The van der Waals surface area contributed by atoms with Crippen molar-refractivity contribution in [2.24, 2.45) is 5.73 Å². The second-order valence-corrected chi connectivity index (χ2v) is 9.62. The lowest BCUT2D eigenvalue weighted by Crippen LogP contribution is -2.22. The summed E-state index contributed by atoms with van der Waals surface area (Å²) in [6.07, 6.45) is 20.3. The van der Waals surface area contributed by atoms with Crippen LogP contribution in [0.4, 0.5) is 4.79 Å². The molecule has 0 aromatic carbocycles. The average molecular weight is 531 g/mol. The van der Waals surface area contributed by atoms with Gasteiger partial charge in [0.25, 0.3) is 0 Å². The monoisotopic (exact) mass is 530 g/mol. The number of rotatable bonds is 25. The summed E-state index contributed by atoms with van der Waals surface area (Å²) in [5, 5.41) is 10.6. The van der Waals surface area contributed by atoms with Gasteiger partial charge in [0.1, 0.15) is 0 Å². The lowest BCUT2D eigenvalue weighted by Gasteiger charge is -2.05. The van der Waals surface area contributed by atoms with Gasteiger partial charge in [0.05, 0.1) is 13.2 Å². The fourth-order valence-corrected chi connectivity index (χ4v) is 3.64. The van der Waals surface area contributed by atoms with Gasteiger partial charge in [0.15, 0.2) is 0 Å². The van der Waals surface area contributed by atoms with E-state index in [1.165, 1.54) is 64.2 Å². The molecule has 0 fully saturated rings. The minimum absolute atomic E-state index is 0.0458. The van der Waals surface area contributed by atoms with E-state index < -0.39 is 6.09 Å². The smallest absolute Gasteiger partial charge is 0.404 e. The molecule has 0 bridgehead atoms. The molecule has 0 radical (unpaired) electrons. The lowest BCUT2D eigenvalue weighted by molar-refractivity contribution is -0.144. The van der Waals surface area contributed by atoms with Crippen molar-refractivity contribution >= 4 is 18.0 Å². The summed E-state index contributed by atoms with van der Waals surface area (Å²) >= 11 is 0. The van der Waals surface area contributed by atoms with E-state index in [0.29, 0.717) is 52.0 Å². The van der Waals surface area contributed by atoms with Crippen molar-refractivity contribution in [1.29, 1.82) is 0 Å². The number of hydrogen-bond donors (Lipinski definition) is 3. The van der Waals surface area contributed by atoms with Crippen LogP contribution in [-0.4, -0.2) is 49.4 Å². The fourth-order valence-electron chi connectivity index (χ4n) is 3.64. The van der Waals surface area contributed by atoms with E-state index in [1.807, 2.05) is 0 Å². The highest BCUT2D eigenvalue weighted by Gasteiger charge is 2.03. The third-order valence-corrected chi connectivity index (χ3v) is 5.94. The molecule has 0 spiro atoms. The number of ether oxygens (including phenoxy) is 2. The van der Waals surface area contributed by atoms with E-state index >= 15 is 0 Å². The van der Waals surface area contributed by atoms with Crippen LogP contribution in [0.2, 0.25) is 0 Å². The maximum absolute atomic E-state index is 11.4. The summed E-state index contributed by atoms with van der Waals surface area (Å²) in [7, 11) is 0. The van der Waals surface area contributed by atoms with Crippen LogP contribution in [0.25, 0.3) is 0 Å². The first kappa shape index (κ1) is 37.3. The Morgan fingerprint density at radius 1 is 0.595 bits per heavy atom. The third-order valence-electron chi connectivity index (χ3n) is 5.94. The maximum Gasteiger partial charge on any atom is 0.404 e. The number of nitrogens with one attached hydrogen (secondary N) is 1. The van der Waals surface area contributed by atoms with Gasteiger partial charge in [0.2, 0.25) is 0 Å². The fraction of sp³-hybridized carbons (Fsp3) is 0.897. The molecule has 8 nitrogen and oxygen atoms in total. The molecular weight excluding hydrogens is 472 g/mol. The zero-order valence-corrected chi connectivity index (χ0v) is 24.0. The van der Waals surface area contributed by atoms with Crippen LogP contribution in [0, 0.1) is 0 Å². The number of carboxylic acid groups (broad SMARTS) is 1. The molecule has 1 amide bonds. The molecule has 37 heavy (non-hydrogen) atoms. The molecule has 0 heterocycles. The Morgan fingerprint density at radius 3 is 1.41 bits per heavy atom. The number of unbranched alkanes of at least 4 members (excludes halogenated alkanes) is 14. The minimum Gasteiger partial charge on any atom is -0.466 e. The van der Waals surface area contributed by atoms with Crippen LogP contribution in [-0.2, 0) is 19.1 Å². The molecule has 0 aromatic rings. The Bertz CT molecular complexity index is 517. The van der Waals surface area contributed by atoms with Crippen LogP contribution < -0.4 is 11.1 Å². The van der Waals surface area contributed by atoms with E-state index in [4.69, 9.17) is 20.3 Å². The van der Waals surface area contributed by atoms with Crippen molar-refractivity contribution in [2.75, 3.05) is 26.3 Å². The molecule has 220 valence electrons. The number of carbonyl (C=O) groups is 3. The van der Waals surface area contributed by atoms with E-state index in [0.717, 1.165) is 38.5 Å². The number of nitrogens with two attached hydrogens (primary N) is 1. The van der Waals surface area contributed by atoms with Gasteiger partial charge in [0, 0.05) is 19.4 Å². The Balaban J connectivity index is 0. The van der Waals surface area contributed by atoms with Gasteiger partial charge in [-0.15, -0.1) is 0 Å². The van der Waals surface area contributed by atoms with Crippen LogP contribution in [0.5, 0.6) is 0 Å². The van der Waals surface area contributed by atoms with Gasteiger partial charge in [-0.25, -0.2) is 4.79 Å². The summed E-state index contributed by atoms with van der Waals surface area (Å²) in [5.41, 5.74) is 5.35. The molecular formula is C29H58N2O6. The zero-order valence-electron chi connectivity index (χ0n) is 24.0. The molecule has 0 rings (SSSR count). The first-order valence-electron chi connectivity index (χ1n) is 15.0. The quantitative estimate of drug-likeness (QED) is 0.0846. The predicted octanol–water partition coefficient (Wildman–Crippen LogP) is 7.13. The Labute approximate surface area is 226 Å². The van der Waals surface area contributed by atoms with Crippen molar-refractivity contribution in [1.82, 2.24) is 5.32 Å². The molecule has 0 saturated heterocycles. The molecule has 0 aliphatic carbocycles. The Kier molecular flexibility index (Phi) is 32.5. The largest absolute Gasteiger partial charge is 0.466 e. The van der Waals surface area contributed by atoms with Crippen molar-refractivity contribution in [2.45, 2.75) is 142 Å². The average Bonchev–Trinajstić information content (AvgIpc) is 2.88. The van der Waals surface area contributed by atoms with Gasteiger partial charge in [-0.2, -0.15) is 0 Å². The molecule has 0 unspecified atom stereocenters. The Hall–Kier alpha value is -1.83. The summed E-state index contributed by atoms with van der Waals surface area (Å²) in [5.74, 6) is -0.180. The van der Waals surface area contributed by atoms with Gasteiger partial charge < -0.3 is 25.6 Å². The zero-order chi connectivity index (χ0) is 27.8. The van der Waals surface area contributed by atoms with Crippen LogP contribution in [0.3, 0.4) is 0 Å². The van der Waals surface area contributed by atoms with Gasteiger partial charge >= 0.3 is 18.0 Å². The summed E-state index contributed by atoms with van der Waals surface area (Å²) in [6, 6.07) is 0. The van der Waals surface area contributed by atoms with Crippen LogP contribution in [0.1, 0.15) is 142 Å². The predicted molar refractivity (Wildman–Crippen MR) is 151 cm³/mol.